The summed E-state index contributed by atoms with van der Waals surface area (Å²) in [5.41, 5.74) is 6.20. The van der Waals surface area contributed by atoms with Crippen molar-refractivity contribution in [1.29, 1.82) is 0 Å². The van der Waals surface area contributed by atoms with Crippen LogP contribution in [0.1, 0.15) is 24.6 Å². The van der Waals surface area contributed by atoms with Crippen LogP contribution in [0.25, 0.3) is 11.5 Å². The SMILES string of the molecule is Nc1cccc(F)c1-c1nc(C2CCCOC2)no1. The van der Waals surface area contributed by atoms with E-state index in [1.54, 1.807) is 12.1 Å². The molecule has 0 spiro atoms. The van der Waals surface area contributed by atoms with Gasteiger partial charge in [-0.25, -0.2) is 4.39 Å². The number of halogens is 1. The monoisotopic (exact) mass is 263 g/mol. The lowest BCUT2D eigenvalue weighted by Gasteiger charge is -2.18. The van der Waals surface area contributed by atoms with E-state index in [1.165, 1.54) is 6.07 Å². The molecule has 1 fully saturated rings. The van der Waals surface area contributed by atoms with Crippen LogP contribution in [0.2, 0.25) is 0 Å². The highest BCUT2D eigenvalue weighted by atomic mass is 19.1. The molecule has 2 aromatic rings. The van der Waals surface area contributed by atoms with Gasteiger partial charge < -0.3 is 15.0 Å². The highest BCUT2D eigenvalue weighted by Gasteiger charge is 2.23. The number of nitrogens with zero attached hydrogens (tertiary/aromatic N) is 2. The maximum absolute atomic E-state index is 13.8. The van der Waals surface area contributed by atoms with E-state index in [9.17, 15) is 4.39 Å². The molecule has 1 aliphatic heterocycles. The van der Waals surface area contributed by atoms with Crippen LogP contribution >= 0.6 is 0 Å². The van der Waals surface area contributed by atoms with E-state index in [2.05, 4.69) is 10.1 Å². The van der Waals surface area contributed by atoms with Crippen molar-refractivity contribution in [3.63, 3.8) is 0 Å². The van der Waals surface area contributed by atoms with E-state index >= 15 is 0 Å². The fourth-order valence-corrected chi connectivity index (χ4v) is 2.21. The Morgan fingerprint density at radius 2 is 2.26 bits per heavy atom. The van der Waals surface area contributed by atoms with Crippen molar-refractivity contribution in [1.82, 2.24) is 10.1 Å². The second-order valence-electron chi connectivity index (χ2n) is 4.58. The van der Waals surface area contributed by atoms with Crippen molar-refractivity contribution in [2.45, 2.75) is 18.8 Å². The van der Waals surface area contributed by atoms with Gasteiger partial charge in [-0.15, -0.1) is 0 Å². The molecular formula is C13H14FN3O2. The molecule has 1 aromatic carbocycles. The number of benzene rings is 1. The third kappa shape index (κ3) is 2.31. The number of hydrogen-bond donors (Lipinski definition) is 1. The Kier molecular flexibility index (Phi) is 3.16. The Labute approximate surface area is 109 Å². The summed E-state index contributed by atoms with van der Waals surface area (Å²) in [6.45, 7) is 1.34. The van der Waals surface area contributed by atoms with Gasteiger partial charge in [0.1, 0.15) is 5.82 Å². The van der Waals surface area contributed by atoms with E-state index in [-0.39, 0.29) is 23.1 Å². The predicted octanol–water partition coefficient (Wildman–Crippen LogP) is 2.35. The predicted molar refractivity (Wildman–Crippen MR) is 66.9 cm³/mol. The van der Waals surface area contributed by atoms with Crippen molar-refractivity contribution in [2.24, 2.45) is 0 Å². The minimum atomic E-state index is -0.463. The summed E-state index contributed by atoms with van der Waals surface area (Å²) >= 11 is 0. The number of aromatic nitrogens is 2. The summed E-state index contributed by atoms with van der Waals surface area (Å²) < 4.78 is 24.3. The zero-order valence-electron chi connectivity index (χ0n) is 10.3. The van der Waals surface area contributed by atoms with Crippen LogP contribution in [-0.4, -0.2) is 23.4 Å². The molecule has 3 rings (SSSR count). The van der Waals surface area contributed by atoms with E-state index in [0.717, 1.165) is 19.4 Å². The maximum atomic E-state index is 13.8. The third-order valence-corrected chi connectivity index (χ3v) is 3.23. The Balaban J connectivity index is 1.92. The van der Waals surface area contributed by atoms with Crippen molar-refractivity contribution in [3.05, 3.63) is 29.8 Å². The van der Waals surface area contributed by atoms with Gasteiger partial charge in [0, 0.05) is 18.2 Å². The lowest BCUT2D eigenvalue weighted by molar-refractivity contribution is 0.0773. The molecule has 100 valence electrons. The molecule has 0 saturated carbocycles. The Bertz CT molecular complexity index is 559. The van der Waals surface area contributed by atoms with Crippen LogP contribution in [0, 0.1) is 5.82 Å². The first-order chi connectivity index (χ1) is 9.25. The minimum Gasteiger partial charge on any atom is -0.398 e. The van der Waals surface area contributed by atoms with Crippen LogP contribution in [-0.2, 0) is 4.74 Å². The van der Waals surface area contributed by atoms with Gasteiger partial charge in [-0.3, -0.25) is 0 Å². The first-order valence-electron chi connectivity index (χ1n) is 6.21. The van der Waals surface area contributed by atoms with Crippen LogP contribution in [0.15, 0.2) is 22.7 Å². The van der Waals surface area contributed by atoms with Gasteiger partial charge in [-0.05, 0) is 25.0 Å². The van der Waals surface area contributed by atoms with Gasteiger partial charge in [-0.2, -0.15) is 4.98 Å². The van der Waals surface area contributed by atoms with Crippen LogP contribution in [0.5, 0.6) is 0 Å². The maximum Gasteiger partial charge on any atom is 0.263 e. The number of anilines is 1. The van der Waals surface area contributed by atoms with E-state index < -0.39 is 5.82 Å². The quantitative estimate of drug-likeness (QED) is 0.842. The average molecular weight is 263 g/mol. The first kappa shape index (κ1) is 12.1. The van der Waals surface area contributed by atoms with Crippen molar-refractivity contribution >= 4 is 5.69 Å². The number of nitrogens with two attached hydrogens (primary N) is 1. The molecule has 1 aliphatic rings. The smallest absolute Gasteiger partial charge is 0.263 e. The lowest BCUT2D eigenvalue weighted by Crippen LogP contribution is -2.16. The molecule has 1 aromatic heterocycles. The second kappa shape index (κ2) is 4.97. The summed E-state index contributed by atoms with van der Waals surface area (Å²) in [7, 11) is 0. The number of hydrogen-bond acceptors (Lipinski definition) is 5. The summed E-state index contributed by atoms with van der Waals surface area (Å²) in [4.78, 5) is 4.25. The van der Waals surface area contributed by atoms with E-state index in [4.69, 9.17) is 15.0 Å². The summed E-state index contributed by atoms with van der Waals surface area (Å²) in [5.74, 6) is 0.322. The molecule has 0 radical (unpaired) electrons. The standard InChI is InChI=1S/C13H14FN3O2/c14-9-4-1-5-10(15)11(9)13-16-12(17-19-13)8-3-2-6-18-7-8/h1,4-5,8H,2-3,6-7,15H2. The molecule has 1 saturated heterocycles. The largest absolute Gasteiger partial charge is 0.398 e. The van der Waals surface area contributed by atoms with E-state index in [0.29, 0.717) is 12.4 Å². The van der Waals surface area contributed by atoms with Crippen molar-refractivity contribution in [3.8, 4) is 11.5 Å². The number of nitrogen functional groups attached to an aromatic ring is 1. The summed E-state index contributed by atoms with van der Waals surface area (Å²) in [5, 5.41) is 3.91. The summed E-state index contributed by atoms with van der Waals surface area (Å²) in [6.07, 6.45) is 1.92. The normalized spacial score (nSPS) is 19.5. The van der Waals surface area contributed by atoms with Gasteiger partial charge in [0.15, 0.2) is 5.82 Å². The molecule has 0 amide bonds. The first-order valence-corrected chi connectivity index (χ1v) is 6.21. The van der Waals surface area contributed by atoms with Gasteiger partial charge >= 0.3 is 0 Å². The molecule has 2 heterocycles. The molecule has 0 aliphatic carbocycles. The molecular weight excluding hydrogens is 249 g/mol. The minimum absolute atomic E-state index is 0.110. The third-order valence-electron chi connectivity index (χ3n) is 3.23. The average Bonchev–Trinajstić information content (AvgIpc) is 2.89. The second-order valence-corrected chi connectivity index (χ2v) is 4.58. The molecule has 1 atom stereocenters. The van der Waals surface area contributed by atoms with Crippen LogP contribution in [0.3, 0.4) is 0 Å². The molecule has 6 heteroatoms. The number of ether oxygens (including phenoxy) is 1. The molecule has 0 bridgehead atoms. The van der Waals surface area contributed by atoms with Crippen LogP contribution in [0.4, 0.5) is 10.1 Å². The highest BCUT2D eigenvalue weighted by molar-refractivity contribution is 5.70. The lowest BCUT2D eigenvalue weighted by atomic mass is 10.0. The van der Waals surface area contributed by atoms with Crippen molar-refractivity contribution < 1.29 is 13.7 Å². The van der Waals surface area contributed by atoms with Gasteiger partial charge in [0.2, 0.25) is 0 Å². The Hall–Kier alpha value is -1.95. The van der Waals surface area contributed by atoms with Gasteiger partial charge in [-0.1, -0.05) is 11.2 Å². The molecule has 19 heavy (non-hydrogen) atoms. The van der Waals surface area contributed by atoms with Crippen molar-refractivity contribution in [2.75, 3.05) is 18.9 Å². The fraction of sp³-hybridized carbons (Fsp3) is 0.385. The molecule has 2 N–H and O–H groups in total. The van der Waals surface area contributed by atoms with Gasteiger partial charge in [0.25, 0.3) is 5.89 Å². The zero-order chi connectivity index (χ0) is 13.2. The molecule has 5 nitrogen and oxygen atoms in total. The fourth-order valence-electron chi connectivity index (χ4n) is 2.21. The number of rotatable bonds is 2. The highest BCUT2D eigenvalue weighted by Crippen LogP contribution is 2.30. The topological polar surface area (TPSA) is 74.2 Å². The molecule has 1 unspecified atom stereocenters. The van der Waals surface area contributed by atoms with Gasteiger partial charge in [0.05, 0.1) is 12.2 Å². The van der Waals surface area contributed by atoms with Crippen LogP contribution < -0.4 is 5.73 Å². The summed E-state index contributed by atoms with van der Waals surface area (Å²) in [6, 6.07) is 4.46. The zero-order valence-corrected chi connectivity index (χ0v) is 10.3. The Morgan fingerprint density at radius 3 is 3.00 bits per heavy atom. The van der Waals surface area contributed by atoms with E-state index in [1.807, 2.05) is 0 Å². The Morgan fingerprint density at radius 1 is 1.37 bits per heavy atom.